The average Bonchev–Trinajstić information content (AvgIpc) is 2.56. The number of rotatable bonds is 8. The molecule has 2 aliphatic rings. The van der Waals surface area contributed by atoms with Gasteiger partial charge in [0, 0.05) is 52.4 Å². The van der Waals surface area contributed by atoms with Crippen LogP contribution in [0.3, 0.4) is 0 Å². The van der Waals surface area contributed by atoms with Gasteiger partial charge in [-0.2, -0.15) is 0 Å². The first-order valence-corrected chi connectivity index (χ1v) is 9.76. The molecule has 0 aromatic heterocycles. The minimum absolute atomic E-state index is 0.349. The summed E-state index contributed by atoms with van der Waals surface area (Å²) in [5.74, 6) is 0. The van der Waals surface area contributed by atoms with Gasteiger partial charge in [0.2, 0.25) is 0 Å². The number of nitrogens with zero attached hydrogens (tertiary/aromatic N) is 5. The molecule has 0 N–H and O–H groups in total. The predicted octanol–water partition coefficient (Wildman–Crippen LogP) is 1.34. The van der Waals surface area contributed by atoms with Crippen molar-refractivity contribution in [1.29, 1.82) is 0 Å². The van der Waals surface area contributed by atoms with Gasteiger partial charge in [0.1, 0.15) is 0 Å². The van der Waals surface area contributed by atoms with Crippen LogP contribution < -0.4 is 5.32 Å². The molecule has 2 saturated heterocycles. The Hall–Kier alpha value is -0.200. The smallest absolute Gasteiger partial charge is 0.0751 e. The Morgan fingerprint density at radius 2 is 1.00 bits per heavy atom. The maximum atomic E-state index is 5.08. The molecule has 23 heavy (non-hydrogen) atoms. The third-order valence-electron chi connectivity index (χ3n) is 5.38. The highest BCUT2D eigenvalue weighted by atomic mass is 15.4. The number of piperazine rings is 2. The molecule has 2 aliphatic heterocycles. The molecule has 0 saturated carbocycles. The van der Waals surface area contributed by atoms with Gasteiger partial charge in [0.25, 0.3) is 0 Å². The van der Waals surface area contributed by atoms with E-state index in [0.29, 0.717) is 12.3 Å². The fourth-order valence-electron chi connectivity index (χ4n) is 3.85. The minimum Gasteiger partial charge on any atom is -0.301 e. The normalized spacial score (nSPS) is 25.6. The van der Waals surface area contributed by atoms with Crippen molar-refractivity contribution < 1.29 is 0 Å². The second kappa shape index (κ2) is 9.94. The van der Waals surface area contributed by atoms with Gasteiger partial charge in [-0.05, 0) is 39.8 Å². The third-order valence-corrected chi connectivity index (χ3v) is 5.38. The molecule has 0 aromatic carbocycles. The molecule has 1 radical (unpaired) electrons. The van der Waals surface area contributed by atoms with Crippen molar-refractivity contribution in [2.75, 3.05) is 65.4 Å². The SMILES string of the molecule is CCCN1CCN(C(C)[N]C(C)N2CCN(CCC)CC2)CC1. The molecule has 2 unspecified atom stereocenters. The quantitative estimate of drug-likeness (QED) is 0.673. The van der Waals surface area contributed by atoms with Crippen molar-refractivity contribution in [1.82, 2.24) is 24.9 Å². The van der Waals surface area contributed by atoms with Crippen molar-refractivity contribution in [3.05, 3.63) is 0 Å². The molecule has 0 amide bonds. The molecule has 2 atom stereocenters. The molecule has 5 heteroatoms. The standard InChI is InChI=1S/C18H38N5/c1-5-7-20-9-13-22(14-10-20)17(3)19-18(4)23-15-11-21(8-6-2)12-16-23/h17-18H,5-16H2,1-4H3. The zero-order valence-electron chi connectivity index (χ0n) is 15.9. The Kier molecular flexibility index (Phi) is 8.27. The average molecular weight is 325 g/mol. The summed E-state index contributed by atoms with van der Waals surface area (Å²) in [4.78, 5) is 10.3. The molecule has 0 aromatic rings. The Balaban J connectivity index is 1.68. The van der Waals surface area contributed by atoms with E-state index < -0.39 is 0 Å². The van der Waals surface area contributed by atoms with Crippen LogP contribution in [0.2, 0.25) is 0 Å². The maximum absolute atomic E-state index is 5.08. The summed E-state index contributed by atoms with van der Waals surface area (Å²) in [6.07, 6.45) is 3.23. The second-order valence-electron chi connectivity index (χ2n) is 7.17. The molecule has 0 bridgehead atoms. The Morgan fingerprint density at radius 3 is 1.30 bits per heavy atom. The van der Waals surface area contributed by atoms with Gasteiger partial charge in [-0.25, -0.2) is 5.32 Å². The molecule has 5 nitrogen and oxygen atoms in total. The van der Waals surface area contributed by atoms with Crippen LogP contribution in [0.4, 0.5) is 0 Å². The van der Waals surface area contributed by atoms with Gasteiger partial charge >= 0.3 is 0 Å². The van der Waals surface area contributed by atoms with Crippen molar-refractivity contribution in [3.63, 3.8) is 0 Å². The fraction of sp³-hybridized carbons (Fsp3) is 1.00. The Bertz CT molecular complexity index is 279. The lowest BCUT2D eigenvalue weighted by molar-refractivity contribution is 0.0398. The number of hydrogen-bond acceptors (Lipinski definition) is 4. The van der Waals surface area contributed by atoms with E-state index in [-0.39, 0.29) is 0 Å². The predicted molar refractivity (Wildman–Crippen MR) is 97.7 cm³/mol. The largest absolute Gasteiger partial charge is 0.301 e. The maximum Gasteiger partial charge on any atom is 0.0751 e. The van der Waals surface area contributed by atoms with E-state index in [9.17, 15) is 0 Å². The summed E-state index contributed by atoms with van der Waals surface area (Å²) in [5, 5.41) is 5.08. The number of hydrogen-bond donors (Lipinski definition) is 0. The van der Waals surface area contributed by atoms with Crippen molar-refractivity contribution in [2.24, 2.45) is 0 Å². The highest BCUT2D eigenvalue weighted by molar-refractivity contribution is 4.79. The van der Waals surface area contributed by atoms with E-state index in [1.165, 1.54) is 78.3 Å². The molecular formula is C18H38N5. The van der Waals surface area contributed by atoms with Gasteiger partial charge in [-0.15, -0.1) is 0 Å². The summed E-state index contributed by atoms with van der Waals surface area (Å²) in [7, 11) is 0. The Morgan fingerprint density at radius 1 is 0.652 bits per heavy atom. The van der Waals surface area contributed by atoms with Crippen LogP contribution in [0.5, 0.6) is 0 Å². The van der Waals surface area contributed by atoms with Crippen LogP contribution in [0.15, 0.2) is 0 Å². The molecular weight excluding hydrogens is 286 g/mol. The van der Waals surface area contributed by atoms with E-state index in [2.05, 4.69) is 47.3 Å². The van der Waals surface area contributed by atoms with Crippen LogP contribution in [-0.2, 0) is 0 Å². The van der Waals surface area contributed by atoms with Crippen LogP contribution in [-0.4, -0.2) is 97.4 Å². The lowest BCUT2D eigenvalue weighted by atomic mass is 10.2. The summed E-state index contributed by atoms with van der Waals surface area (Å²) in [6.45, 7) is 21.1. The van der Waals surface area contributed by atoms with Crippen LogP contribution in [0.25, 0.3) is 0 Å². The lowest BCUT2D eigenvalue weighted by Gasteiger charge is -2.41. The van der Waals surface area contributed by atoms with E-state index in [1.807, 2.05) is 0 Å². The van der Waals surface area contributed by atoms with Crippen molar-refractivity contribution >= 4 is 0 Å². The van der Waals surface area contributed by atoms with Gasteiger partial charge in [0.05, 0.1) is 12.3 Å². The van der Waals surface area contributed by atoms with Crippen LogP contribution in [0, 0.1) is 0 Å². The summed E-state index contributed by atoms with van der Waals surface area (Å²) >= 11 is 0. The van der Waals surface area contributed by atoms with Crippen LogP contribution >= 0.6 is 0 Å². The Labute approximate surface area is 144 Å². The zero-order chi connectivity index (χ0) is 16.7. The second-order valence-corrected chi connectivity index (χ2v) is 7.17. The van der Waals surface area contributed by atoms with Gasteiger partial charge in [-0.1, -0.05) is 13.8 Å². The summed E-state index contributed by atoms with van der Waals surface area (Å²) < 4.78 is 0. The molecule has 2 heterocycles. The molecule has 135 valence electrons. The monoisotopic (exact) mass is 324 g/mol. The lowest BCUT2D eigenvalue weighted by Crippen LogP contribution is -2.57. The topological polar surface area (TPSA) is 27.1 Å². The van der Waals surface area contributed by atoms with Crippen molar-refractivity contribution in [2.45, 2.75) is 52.9 Å². The van der Waals surface area contributed by atoms with Gasteiger partial charge in [-0.3, -0.25) is 9.80 Å². The first-order chi connectivity index (χ1) is 11.1. The highest BCUT2D eigenvalue weighted by Crippen LogP contribution is 2.10. The minimum atomic E-state index is 0.349. The van der Waals surface area contributed by atoms with E-state index in [4.69, 9.17) is 5.32 Å². The molecule has 0 spiro atoms. The zero-order valence-corrected chi connectivity index (χ0v) is 15.9. The first-order valence-electron chi connectivity index (χ1n) is 9.76. The van der Waals surface area contributed by atoms with Gasteiger partial charge < -0.3 is 9.80 Å². The molecule has 2 rings (SSSR count). The van der Waals surface area contributed by atoms with E-state index in [1.54, 1.807) is 0 Å². The highest BCUT2D eigenvalue weighted by Gasteiger charge is 2.26. The van der Waals surface area contributed by atoms with Gasteiger partial charge in [0.15, 0.2) is 0 Å². The van der Waals surface area contributed by atoms with E-state index in [0.717, 1.165) is 0 Å². The summed E-state index contributed by atoms with van der Waals surface area (Å²) in [5.41, 5.74) is 0. The first kappa shape index (κ1) is 19.1. The fourth-order valence-corrected chi connectivity index (χ4v) is 3.85. The van der Waals surface area contributed by atoms with Crippen LogP contribution in [0.1, 0.15) is 40.5 Å². The third kappa shape index (κ3) is 5.98. The summed E-state index contributed by atoms with van der Waals surface area (Å²) in [6, 6.07) is 0. The van der Waals surface area contributed by atoms with Crippen molar-refractivity contribution in [3.8, 4) is 0 Å². The molecule has 0 aliphatic carbocycles. The molecule has 2 fully saturated rings. The van der Waals surface area contributed by atoms with E-state index >= 15 is 0 Å².